The number of aliphatic hydroxyl groups is 2. The first-order valence-corrected chi connectivity index (χ1v) is 24.5. The Morgan fingerprint density at radius 1 is 0.763 bits per heavy atom. The van der Waals surface area contributed by atoms with Gasteiger partial charge in [-0.05, 0) is 100 Å². The molecule has 7 atom stereocenters. The van der Waals surface area contributed by atoms with E-state index in [9.17, 15) is 25.1 Å². The van der Waals surface area contributed by atoms with Crippen LogP contribution in [0.25, 0.3) is 0 Å². The maximum atomic E-state index is 16.7. The van der Waals surface area contributed by atoms with Gasteiger partial charge < -0.3 is 34.5 Å². The second-order valence-electron chi connectivity index (χ2n) is 18.4. The van der Waals surface area contributed by atoms with Crippen LogP contribution in [0.3, 0.4) is 0 Å². The molecule has 1 spiro atoms. The van der Waals surface area contributed by atoms with Crippen molar-refractivity contribution in [3.05, 3.63) is 237 Å². The summed E-state index contributed by atoms with van der Waals surface area (Å²) in [6, 6.07) is 47.6. The maximum absolute atomic E-state index is 16.7. The third-order valence-electron chi connectivity index (χ3n) is 14.1. The number of nitrogens with one attached hydrogen (secondary N) is 1. The van der Waals surface area contributed by atoms with Crippen LogP contribution in [-0.2, 0) is 35.9 Å². The summed E-state index contributed by atoms with van der Waals surface area (Å²) in [6.45, 7) is -0.999. The highest BCUT2D eigenvalue weighted by molar-refractivity contribution is 6.23. The Balaban J connectivity index is 1.22. The number of anilines is 1. The minimum atomic E-state index is -2.20. The summed E-state index contributed by atoms with van der Waals surface area (Å²) in [5, 5.41) is 35.6. The summed E-state index contributed by atoms with van der Waals surface area (Å²) in [6.07, 6.45) is -3.34. The molecule has 0 bridgehead atoms. The number of non-ortho nitro benzene ring substituents is 1. The van der Waals surface area contributed by atoms with Crippen LogP contribution < -0.4 is 19.7 Å². The maximum Gasteiger partial charge on any atom is 0.421 e. The molecule has 76 heavy (non-hydrogen) atoms. The van der Waals surface area contributed by atoms with E-state index < -0.39 is 77.1 Å². The predicted molar refractivity (Wildman–Crippen MR) is 278 cm³/mol. The Bertz CT molecular complexity index is 3330. The number of hydrogen-bond donors (Lipinski definition) is 3. The van der Waals surface area contributed by atoms with Gasteiger partial charge in [0.15, 0.2) is 0 Å². The molecule has 3 amide bonds. The van der Waals surface area contributed by atoms with E-state index in [1.54, 1.807) is 104 Å². The largest absolute Gasteiger partial charge is 0.497 e. The van der Waals surface area contributed by atoms with E-state index in [0.29, 0.717) is 50.4 Å². The molecule has 0 saturated carbocycles. The Hall–Kier alpha value is -9.14. The van der Waals surface area contributed by atoms with E-state index in [0.717, 1.165) is 4.90 Å². The fourth-order valence-corrected chi connectivity index (χ4v) is 10.7. The highest BCUT2D eigenvalue weighted by atomic mass is 16.6. The number of imide groups is 1. The van der Waals surface area contributed by atoms with Gasteiger partial charge in [-0.2, -0.15) is 0 Å². The zero-order valence-corrected chi connectivity index (χ0v) is 40.9. The second kappa shape index (κ2) is 21.8. The molecule has 3 N–H and O–H groups in total. The van der Waals surface area contributed by atoms with Crippen LogP contribution in [-0.4, -0.2) is 76.8 Å². The molecule has 2 fully saturated rings. The molecule has 7 aromatic rings. The zero-order chi connectivity index (χ0) is 52.9. The molecule has 16 nitrogen and oxygen atoms in total. The number of aliphatic hydroxyl groups excluding tert-OH is 2. The number of amides is 3. The Kier molecular flexibility index (Phi) is 14.4. The first kappa shape index (κ1) is 50.4. The van der Waals surface area contributed by atoms with Crippen LogP contribution in [0.4, 0.5) is 16.2 Å². The average Bonchev–Trinajstić information content (AvgIpc) is 4.16. The molecule has 0 aliphatic carbocycles. The van der Waals surface area contributed by atoms with Crippen molar-refractivity contribution in [3.63, 3.8) is 0 Å². The summed E-state index contributed by atoms with van der Waals surface area (Å²) >= 11 is 0. The van der Waals surface area contributed by atoms with E-state index in [4.69, 9.17) is 18.9 Å². The normalized spacial score (nSPS) is 20.8. The molecule has 7 aromatic carbocycles. The lowest BCUT2D eigenvalue weighted by atomic mass is 9.65. The first-order valence-electron chi connectivity index (χ1n) is 24.5. The molecule has 382 valence electrons. The summed E-state index contributed by atoms with van der Waals surface area (Å²) in [7, 11) is 1.56. The van der Waals surface area contributed by atoms with Gasteiger partial charge in [-0.1, -0.05) is 115 Å². The number of carbonyl (C=O) groups excluding carboxylic acids is 4. The van der Waals surface area contributed by atoms with Crippen LogP contribution in [0.5, 0.6) is 11.5 Å². The van der Waals surface area contributed by atoms with Gasteiger partial charge in [-0.25, -0.2) is 9.69 Å². The van der Waals surface area contributed by atoms with Gasteiger partial charge in [0.25, 0.3) is 5.69 Å². The molecular weight excluding hydrogens is 969 g/mol. The number of carbonyl (C=O) groups is 4. The summed E-state index contributed by atoms with van der Waals surface area (Å²) in [5.74, 6) is 3.18. The number of rotatable bonds is 14. The number of cyclic esters (lactones) is 1. The third kappa shape index (κ3) is 9.50. The van der Waals surface area contributed by atoms with Gasteiger partial charge in [-0.15, -0.1) is 0 Å². The highest BCUT2D eigenvalue weighted by Crippen LogP contribution is 2.66. The van der Waals surface area contributed by atoms with Gasteiger partial charge in [0.2, 0.25) is 11.8 Å². The predicted octanol–water partition coefficient (Wildman–Crippen LogP) is 8.23. The number of nitro groups is 1. The number of hydrogen-bond acceptors (Lipinski definition) is 13. The average molecular weight is 1020 g/mol. The standard InChI is InChI=1S/C60H50N4O12/c1-73-46-28-21-38(22-29-46)17-18-39-23-32-49-48(35-39)60(58(69)62(49)59(70)75-37-40-19-26-45(27-20-40)64(71)72)51(56(67)61-36-50(66)41-11-5-2-6-12-41)53-57(68)76-54(43-15-9-4-10-16-43)52(42-13-7-3-8-14-42)63(53)55(60)44-24-30-47(31-25-44)74-34-33-65/h2-16,19-32,35,50-55,65-66H,33-34,36-37H2,1H3,(H,61,67). The van der Waals surface area contributed by atoms with Crippen molar-refractivity contribution in [3.8, 4) is 23.3 Å². The minimum absolute atomic E-state index is 0.0121. The van der Waals surface area contributed by atoms with Gasteiger partial charge in [-0.3, -0.25) is 29.4 Å². The molecule has 3 aliphatic rings. The van der Waals surface area contributed by atoms with Crippen molar-refractivity contribution in [1.29, 1.82) is 0 Å². The third-order valence-corrected chi connectivity index (χ3v) is 14.1. The SMILES string of the molecule is COc1ccc(C#Cc2ccc3c(c2)C2(C(=O)N3C(=O)OCc3ccc([N+](=O)[O-])cc3)C(C(=O)NCC(O)c3ccccc3)C3C(=O)OC(c4ccccc4)C(c4ccccc4)N3C2c2ccc(OCCO)cc2)cc1. The molecule has 3 aliphatic heterocycles. The lowest BCUT2D eigenvalue weighted by Crippen LogP contribution is -2.56. The van der Waals surface area contributed by atoms with Crippen molar-refractivity contribution in [2.45, 2.75) is 42.4 Å². The van der Waals surface area contributed by atoms with Gasteiger partial charge in [0, 0.05) is 29.8 Å². The number of morpholine rings is 1. The molecule has 0 radical (unpaired) electrons. The van der Waals surface area contributed by atoms with Crippen molar-refractivity contribution < 1.29 is 53.3 Å². The van der Waals surface area contributed by atoms with E-state index in [1.165, 1.54) is 24.3 Å². The fourth-order valence-electron chi connectivity index (χ4n) is 10.7. The molecule has 7 unspecified atom stereocenters. The van der Waals surface area contributed by atoms with Crippen LogP contribution in [0, 0.1) is 27.9 Å². The summed E-state index contributed by atoms with van der Waals surface area (Å²) in [5.41, 5.74) is 1.52. The van der Waals surface area contributed by atoms with Gasteiger partial charge >= 0.3 is 12.1 Å². The van der Waals surface area contributed by atoms with Gasteiger partial charge in [0.05, 0.1) is 48.4 Å². The number of methoxy groups -OCH3 is 1. The van der Waals surface area contributed by atoms with Crippen molar-refractivity contribution in [1.82, 2.24) is 10.2 Å². The lowest BCUT2D eigenvalue weighted by molar-refractivity contribution is -0.384. The van der Waals surface area contributed by atoms with Crippen LogP contribution in [0.15, 0.2) is 182 Å². The molecule has 16 heteroatoms. The van der Waals surface area contributed by atoms with Crippen molar-refractivity contribution in [2.24, 2.45) is 5.92 Å². The fraction of sp³-hybridized carbons (Fsp3) is 0.200. The van der Waals surface area contributed by atoms with E-state index in [1.807, 2.05) is 65.6 Å². The molecular formula is C60H50N4O12. The number of ether oxygens (including phenoxy) is 4. The van der Waals surface area contributed by atoms with Crippen LogP contribution in [0.1, 0.15) is 68.8 Å². The highest BCUT2D eigenvalue weighted by Gasteiger charge is 2.75. The van der Waals surface area contributed by atoms with Crippen LogP contribution >= 0.6 is 0 Å². The number of esters is 1. The molecule has 3 heterocycles. The lowest BCUT2D eigenvalue weighted by Gasteiger charge is -2.46. The topological polar surface area (TPSA) is 207 Å². The van der Waals surface area contributed by atoms with E-state index >= 15 is 14.4 Å². The first-order chi connectivity index (χ1) is 37.0. The number of benzene rings is 7. The molecule has 2 saturated heterocycles. The summed E-state index contributed by atoms with van der Waals surface area (Å²) in [4.78, 5) is 76.7. The van der Waals surface area contributed by atoms with Gasteiger partial charge in [0.1, 0.15) is 42.3 Å². The minimum Gasteiger partial charge on any atom is -0.497 e. The van der Waals surface area contributed by atoms with E-state index in [-0.39, 0.29) is 36.7 Å². The number of nitrogens with zero attached hydrogens (tertiary/aromatic N) is 3. The monoisotopic (exact) mass is 1020 g/mol. The second-order valence-corrected chi connectivity index (χ2v) is 18.4. The van der Waals surface area contributed by atoms with Crippen LogP contribution in [0.2, 0.25) is 0 Å². The smallest absolute Gasteiger partial charge is 0.421 e. The quantitative estimate of drug-likeness (QED) is 0.0407. The Morgan fingerprint density at radius 2 is 1.38 bits per heavy atom. The summed E-state index contributed by atoms with van der Waals surface area (Å²) < 4.78 is 23.6. The Labute approximate surface area is 437 Å². The van der Waals surface area contributed by atoms with E-state index in [2.05, 4.69) is 17.2 Å². The number of fused-ring (bicyclic) bond motifs is 3. The Morgan fingerprint density at radius 3 is 2.03 bits per heavy atom. The molecule has 0 aromatic heterocycles. The zero-order valence-electron chi connectivity index (χ0n) is 40.9. The van der Waals surface area contributed by atoms with Crippen molar-refractivity contribution in [2.75, 3.05) is 31.8 Å². The van der Waals surface area contributed by atoms with Crippen molar-refractivity contribution >= 4 is 35.3 Å². The number of nitro benzene ring substituents is 1. The molecule has 10 rings (SSSR count).